The van der Waals surface area contributed by atoms with E-state index in [0.717, 1.165) is 24.3 Å². The Kier molecular flexibility index (Phi) is 3.47. The second-order valence-corrected chi connectivity index (χ2v) is 2.81. The third kappa shape index (κ3) is 3.06. The molecule has 0 heterocycles. The van der Waals surface area contributed by atoms with Crippen LogP contribution in [0.2, 0.25) is 0 Å². The third-order valence-electron chi connectivity index (χ3n) is 1.72. The van der Waals surface area contributed by atoms with Crippen molar-refractivity contribution in [3.05, 3.63) is 41.2 Å². The Bertz CT molecular complexity index is 368. The molecule has 0 aliphatic carbocycles. The fourth-order valence-corrected chi connectivity index (χ4v) is 1.11. The number of benzene rings is 1. The summed E-state index contributed by atoms with van der Waals surface area (Å²) in [5.74, 6) is -0.749. The van der Waals surface area contributed by atoms with Gasteiger partial charge in [-0.3, -0.25) is 0 Å². The summed E-state index contributed by atoms with van der Waals surface area (Å²) in [6.07, 6.45) is -2.38. The van der Waals surface area contributed by atoms with E-state index in [9.17, 15) is 17.6 Å². The zero-order chi connectivity index (χ0) is 11.5. The Labute approximate surface area is 83.7 Å². The Balaban J connectivity index is 3.21. The maximum absolute atomic E-state index is 12.7. The highest BCUT2D eigenvalue weighted by Crippen LogP contribution is 2.32. The molecule has 0 amide bonds. The van der Waals surface area contributed by atoms with Crippen molar-refractivity contribution in [2.24, 2.45) is 0 Å². The van der Waals surface area contributed by atoms with Gasteiger partial charge >= 0.3 is 6.18 Å². The molecule has 0 aliphatic heterocycles. The van der Waals surface area contributed by atoms with E-state index in [-0.39, 0.29) is 5.56 Å². The van der Waals surface area contributed by atoms with Crippen molar-refractivity contribution in [1.82, 2.24) is 0 Å². The van der Waals surface area contributed by atoms with E-state index in [0.29, 0.717) is 6.07 Å². The van der Waals surface area contributed by atoms with Gasteiger partial charge in [0, 0.05) is 0 Å². The SMILES string of the molecule is OC/C=C/c1cc(F)ccc1C(F)(F)F. The summed E-state index contributed by atoms with van der Waals surface area (Å²) in [5.41, 5.74) is -1.22. The van der Waals surface area contributed by atoms with Crippen LogP contribution in [0, 0.1) is 5.82 Å². The lowest BCUT2D eigenvalue weighted by Crippen LogP contribution is -2.07. The maximum Gasteiger partial charge on any atom is 0.416 e. The largest absolute Gasteiger partial charge is 0.416 e. The number of halogens is 4. The molecule has 0 aliphatic rings. The highest BCUT2D eigenvalue weighted by molar-refractivity contribution is 5.54. The van der Waals surface area contributed by atoms with Gasteiger partial charge in [-0.25, -0.2) is 4.39 Å². The molecule has 15 heavy (non-hydrogen) atoms. The highest BCUT2D eigenvalue weighted by atomic mass is 19.4. The number of hydrogen-bond acceptors (Lipinski definition) is 1. The molecule has 5 heteroatoms. The van der Waals surface area contributed by atoms with E-state index in [4.69, 9.17) is 5.11 Å². The fourth-order valence-electron chi connectivity index (χ4n) is 1.11. The predicted octanol–water partition coefficient (Wildman–Crippen LogP) is 2.85. The van der Waals surface area contributed by atoms with Gasteiger partial charge in [-0.2, -0.15) is 13.2 Å². The molecule has 0 aromatic heterocycles. The molecule has 1 N–H and O–H groups in total. The van der Waals surface area contributed by atoms with Crippen molar-refractivity contribution in [2.75, 3.05) is 6.61 Å². The van der Waals surface area contributed by atoms with Gasteiger partial charge in [0.2, 0.25) is 0 Å². The summed E-state index contributed by atoms with van der Waals surface area (Å²) in [6.45, 7) is -0.395. The average Bonchev–Trinajstić information content (AvgIpc) is 2.12. The lowest BCUT2D eigenvalue weighted by atomic mass is 10.1. The van der Waals surface area contributed by atoms with Crippen LogP contribution in [0.15, 0.2) is 24.3 Å². The smallest absolute Gasteiger partial charge is 0.392 e. The minimum atomic E-state index is -4.52. The molecular formula is C10H8F4O. The normalized spacial score (nSPS) is 12.3. The van der Waals surface area contributed by atoms with Crippen LogP contribution in [0.4, 0.5) is 17.6 Å². The molecule has 0 bridgehead atoms. The van der Waals surface area contributed by atoms with Crippen molar-refractivity contribution in [3.8, 4) is 0 Å². The Morgan fingerprint density at radius 2 is 1.93 bits per heavy atom. The Hall–Kier alpha value is -1.36. The molecular weight excluding hydrogens is 212 g/mol. The predicted molar refractivity (Wildman–Crippen MR) is 47.5 cm³/mol. The lowest BCUT2D eigenvalue weighted by molar-refractivity contribution is -0.137. The number of aliphatic hydroxyl groups is 1. The molecule has 0 radical (unpaired) electrons. The fraction of sp³-hybridized carbons (Fsp3) is 0.200. The first-order valence-electron chi connectivity index (χ1n) is 4.09. The van der Waals surface area contributed by atoms with Crippen LogP contribution in [0.25, 0.3) is 6.08 Å². The Morgan fingerprint density at radius 3 is 2.47 bits per heavy atom. The maximum atomic E-state index is 12.7. The van der Waals surface area contributed by atoms with Crippen LogP contribution in [0.1, 0.15) is 11.1 Å². The van der Waals surface area contributed by atoms with Crippen molar-refractivity contribution in [1.29, 1.82) is 0 Å². The molecule has 1 rings (SSSR count). The topological polar surface area (TPSA) is 20.2 Å². The summed E-state index contributed by atoms with van der Waals surface area (Å²) < 4.78 is 49.9. The van der Waals surface area contributed by atoms with Crippen molar-refractivity contribution >= 4 is 6.08 Å². The van der Waals surface area contributed by atoms with Gasteiger partial charge in [0.05, 0.1) is 12.2 Å². The van der Waals surface area contributed by atoms with Crippen molar-refractivity contribution < 1.29 is 22.7 Å². The van der Waals surface area contributed by atoms with Crippen LogP contribution in [0.3, 0.4) is 0 Å². The minimum absolute atomic E-state index is 0.295. The third-order valence-corrected chi connectivity index (χ3v) is 1.72. The molecule has 0 unspecified atom stereocenters. The van der Waals surface area contributed by atoms with E-state index in [1.54, 1.807) is 0 Å². The van der Waals surface area contributed by atoms with Gasteiger partial charge in [0.1, 0.15) is 5.82 Å². The van der Waals surface area contributed by atoms with E-state index < -0.39 is 24.2 Å². The zero-order valence-corrected chi connectivity index (χ0v) is 7.55. The molecule has 0 saturated carbocycles. The minimum Gasteiger partial charge on any atom is -0.392 e. The summed E-state index contributed by atoms with van der Waals surface area (Å²) in [7, 11) is 0. The zero-order valence-electron chi connectivity index (χ0n) is 7.55. The second kappa shape index (κ2) is 4.44. The van der Waals surface area contributed by atoms with E-state index >= 15 is 0 Å². The summed E-state index contributed by atoms with van der Waals surface area (Å²) in [6, 6.07) is 2.19. The molecule has 82 valence electrons. The van der Waals surface area contributed by atoms with Crippen molar-refractivity contribution in [2.45, 2.75) is 6.18 Å². The van der Waals surface area contributed by atoms with Gasteiger partial charge in [0.15, 0.2) is 0 Å². The van der Waals surface area contributed by atoms with E-state index in [2.05, 4.69) is 0 Å². The molecule has 0 atom stereocenters. The van der Waals surface area contributed by atoms with Crippen molar-refractivity contribution in [3.63, 3.8) is 0 Å². The van der Waals surface area contributed by atoms with Gasteiger partial charge < -0.3 is 5.11 Å². The van der Waals surface area contributed by atoms with Gasteiger partial charge in [-0.1, -0.05) is 12.2 Å². The average molecular weight is 220 g/mol. The van der Waals surface area contributed by atoms with Crippen LogP contribution in [-0.4, -0.2) is 11.7 Å². The van der Waals surface area contributed by atoms with Gasteiger partial charge in [0.25, 0.3) is 0 Å². The van der Waals surface area contributed by atoms with Crippen LogP contribution < -0.4 is 0 Å². The van der Waals surface area contributed by atoms with Crippen LogP contribution in [0.5, 0.6) is 0 Å². The highest BCUT2D eigenvalue weighted by Gasteiger charge is 2.32. The molecule has 0 fully saturated rings. The first-order chi connectivity index (χ1) is 6.95. The van der Waals surface area contributed by atoms with E-state index in [1.165, 1.54) is 0 Å². The monoisotopic (exact) mass is 220 g/mol. The molecule has 1 aromatic rings. The molecule has 1 aromatic carbocycles. The van der Waals surface area contributed by atoms with Gasteiger partial charge in [-0.15, -0.1) is 0 Å². The summed E-state index contributed by atoms with van der Waals surface area (Å²) in [5, 5.41) is 8.43. The van der Waals surface area contributed by atoms with Crippen LogP contribution >= 0.6 is 0 Å². The molecule has 1 nitrogen and oxygen atoms in total. The second-order valence-electron chi connectivity index (χ2n) is 2.81. The number of hydrogen-bond donors (Lipinski definition) is 1. The standard InChI is InChI=1S/C10H8F4O/c11-8-3-4-9(10(12,13)14)7(6-8)2-1-5-15/h1-4,6,15H,5H2/b2-1+. The number of aliphatic hydroxyl groups excluding tert-OH is 1. The first-order valence-corrected chi connectivity index (χ1v) is 4.09. The van der Waals surface area contributed by atoms with Crippen LogP contribution in [-0.2, 0) is 6.18 Å². The lowest BCUT2D eigenvalue weighted by Gasteiger charge is -2.09. The van der Waals surface area contributed by atoms with Gasteiger partial charge in [-0.05, 0) is 23.8 Å². The number of rotatable bonds is 2. The first kappa shape index (κ1) is 11.7. The number of alkyl halides is 3. The Morgan fingerprint density at radius 1 is 1.27 bits per heavy atom. The summed E-state index contributed by atoms with van der Waals surface area (Å²) in [4.78, 5) is 0. The summed E-state index contributed by atoms with van der Waals surface area (Å²) >= 11 is 0. The van der Waals surface area contributed by atoms with E-state index in [1.807, 2.05) is 0 Å². The quantitative estimate of drug-likeness (QED) is 0.760. The molecule has 0 saturated heterocycles. The molecule has 0 spiro atoms.